The zero-order valence-electron chi connectivity index (χ0n) is 10.6. The lowest BCUT2D eigenvalue weighted by atomic mass is 9.85. The summed E-state index contributed by atoms with van der Waals surface area (Å²) < 4.78 is 0. The van der Waals surface area contributed by atoms with Gasteiger partial charge < -0.3 is 0 Å². The highest BCUT2D eigenvalue weighted by atomic mass is 17.2. The van der Waals surface area contributed by atoms with Crippen LogP contribution < -0.4 is 0 Å². The average molecular weight is 244 g/mol. The third-order valence-corrected chi connectivity index (χ3v) is 3.99. The van der Waals surface area contributed by atoms with Gasteiger partial charge in [0.05, 0.1) is 0 Å². The Balaban J connectivity index is 1.64. The Morgan fingerprint density at radius 2 is 1.61 bits per heavy atom. The molecule has 0 unspecified atom stereocenters. The summed E-state index contributed by atoms with van der Waals surface area (Å²) in [5.74, 6) is 0.645. The van der Waals surface area contributed by atoms with Gasteiger partial charge in [-0.2, -0.15) is 0 Å². The molecule has 0 bridgehead atoms. The van der Waals surface area contributed by atoms with E-state index >= 15 is 0 Å². The maximum atomic E-state index is 5.60. The van der Waals surface area contributed by atoms with Crippen LogP contribution in [0.2, 0.25) is 0 Å². The Morgan fingerprint density at radius 3 is 2.28 bits per heavy atom. The van der Waals surface area contributed by atoms with E-state index in [0.717, 1.165) is 5.56 Å². The second-order valence-corrected chi connectivity index (χ2v) is 5.27. The largest absolute Gasteiger partial charge is 0.228 e. The van der Waals surface area contributed by atoms with E-state index in [1.165, 1.54) is 32.1 Å². The third kappa shape index (κ3) is 2.65. The van der Waals surface area contributed by atoms with Gasteiger partial charge in [-0.1, -0.05) is 55.7 Å². The van der Waals surface area contributed by atoms with Crippen LogP contribution in [-0.2, 0) is 9.78 Å². The van der Waals surface area contributed by atoms with Crippen molar-refractivity contribution in [3.05, 3.63) is 48.0 Å². The van der Waals surface area contributed by atoms with Gasteiger partial charge in [-0.25, -0.2) is 9.78 Å². The summed E-state index contributed by atoms with van der Waals surface area (Å²) in [6.07, 6.45) is 11.0. The van der Waals surface area contributed by atoms with Gasteiger partial charge in [0.2, 0.25) is 0 Å². The predicted molar refractivity (Wildman–Crippen MR) is 70.9 cm³/mol. The fourth-order valence-corrected chi connectivity index (χ4v) is 2.91. The Morgan fingerprint density at radius 1 is 0.833 bits per heavy atom. The average Bonchev–Trinajstić information content (AvgIpc) is 2.49. The minimum absolute atomic E-state index is 0.0500. The molecule has 1 saturated carbocycles. The van der Waals surface area contributed by atoms with Crippen molar-refractivity contribution in [2.24, 2.45) is 5.92 Å². The Labute approximate surface area is 109 Å². The van der Waals surface area contributed by atoms with E-state index in [0.29, 0.717) is 5.92 Å². The van der Waals surface area contributed by atoms with Gasteiger partial charge >= 0.3 is 0 Å². The van der Waals surface area contributed by atoms with Crippen LogP contribution in [-0.4, -0.2) is 6.10 Å². The molecule has 0 spiro atoms. The second kappa shape index (κ2) is 5.68. The molecule has 3 rings (SSSR count). The zero-order chi connectivity index (χ0) is 12.2. The molecule has 2 heteroatoms. The molecule has 0 amide bonds. The van der Waals surface area contributed by atoms with E-state index in [1.807, 2.05) is 18.2 Å². The van der Waals surface area contributed by atoms with Gasteiger partial charge in [0.15, 0.2) is 0 Å². The highest BCUT2D eigenvalue weighted by Crippen LogP contribution is 2.33. The zero-order valence-corrected chi connectivity index (χ0v) is 10.6. The maximum Gasteiger partial charge on any atom is 0.136 e. The second-order valence-electron chi connectivity index (χ2n) is 5.27. The summed E-state index contributed by atoms with van der Waals surface area (Å²) in [5, 5.41) is 0. The number of rotatable bonds is 2. The quantitative estimate of drug-likeness (QED) is 0.573. The first-order valence-electron chi connectivity index (χ1n) is 6.99. The van der Waals surface area contributed by atoms with Crippen LogP contribution in [0.3, 0.4) is 0 Å². The fourth-order valence-electron chi connectivity index (χ4n) is 2.91. The highest BCUT2D eigenvalue weighted by Gasteiger charge is 2.27. The lowest BCUT2D eigenvalue weighted by Crippen LogP contribution is -2.27. The molecule has 18 heavy (non-hydrogen) atoms. The molecular formula is C16H20O2. The van der Waals surface area contributed by atoms with Crippen LogP contribution >= 0.6 is 0 Å². The van der Waals surface area contributed by atoms with Crippen molar-refractivity contribution in [2.75, 3.05) is 0 Å². The molecule has 1 heterocycles. The standard InChI is InChI=1S/C16H20O2/c1-3-7-13(8-4-1)15-11-12-16(18-17-15)14-9-5-2-6-10-14/h1,3-4,7-8,11-12,14-16H,2,5-6,9-10H2/t15-,16+/m1/s1. The molecule has 1 aliphatic heterocycles. The smallest absolute Gasteiger partial charge is 0.136 e. The van der Waals surface area contributed by atoms with Crippen molar-refractivity contribution < 1.29 is 9.78 Å². The van der Waals surface area contributed by atoms with Crippen molar-refractivity contribution in [1.29, 1.82) is 0 Å². The van der Waals surface area contributed by atoms with Crippen LogP contribution in [0.15, 0.2) is 42.5 Å². The lowest BCUT2D eigenvalue weighted by Gasteiger charge is -2.31. The topological polar surface area (TPSA) is 18.5 Å². The molecule has 0 N–H and O–H groups in total. The van der Waals surface area contributed by atoms with Crippen LogP contribution in [0.1, 0.15) is 43.8 Å². The predicted octanol–water partition coefficient (Wildman–Crippen LogP) is 4.19. The number of hydrogen-bond donors (Lipinski definition) is 0. The van der Waals surface area contributed by atoms with E-state index < -0.39 is 0 Å². The van der Waals surface area contributed by atoms with Crippen molar-refractivity contribution in [2.45, 2.75) is 44.3 Å². The van der Waals surface area contributed by atoms with Crippen molar-refractivity contribution in [1.82, 2.24) is 0 Å². The van der Waals surface area contributed by atoms with E-state index in [-0.39, 0.29) is 12.2 Å². The maximum absolute atomic E-state index is 5.60. The molecule has 2 aliphatic rings. The summed E-state index contributed by atoms with van der Waals surface area (Å²) in [6, 6.07) is 10.2. The van der Waals surface area contributed by atoms with E-state index in [9.17, 15) is 0 Å². The first-order chi connectivity index (χ1) is 8.93. The minimum atomic E-state index is -0.0500. The van der Waals surface area contributed by atoms with Gasteiger partial charge in [0.1, 0.15) is 12.2 Å². The normalized spacial score (nSPS) is 29.3. The Kier molecular flexibility index (Phi) is 3.77. The monoisotopic (exact) mass is 244 g/mol. The van der Waals surface area contributed by atoms with Gasteiger partial charge in [-0.05, 0) is 30.4 Å². The summed E-state index contributed by atoms with van der Waals surface area (Å²) >= 11 is 0. The van der Waals surface area contributed by atoms with Gasteiger partial charge in [0, 0.05) is 0 Å². The van der Waals surface area contributed by atoms with E-state index in [4.69, 9.17) is 9.78 Å². The molecule has 2 nitrogen and oxygen atoms in total. The van der Waals surface area contributed by atoms with Gasteiger partial charge in [0.25, 0.3) is 0 Å². The van der Waals surface area contributed by atoms with Crippen molar-refractivity contribution >= 4 is 0 Å². The van der Waals surface area contributed by atoms with Crippen molar-refractivity contribution in [3.63, 3.8) is 0 Å². The molecule has 0 radical (unpaired) electrons. The van der Waals surface area contributed by atoms with Crippen LogP contribution in [0.5, 0.6) is 0 Å². The fraction of sp³-hybridized carbons (Fsp3) is 0.500. The molecule has 1 fully saturated rings. The van der Waals surface area contributed by atoms with E-state index in [2.05, 4.69) is 24.3 Å². The van der Waals surface area contributed by atoms with Crippen LogP contribution in [0.4, 0.5) is 0 Å². The summed E-state index contributed by atoms with van der Waals surface area (Å²) in [6.45, 7) is 0. The highest BCUT2D eigenvalue weighted by molar-refractivity contribution is 5.22. The molecule has 1 aliphatic carbocycles. The molecule has 0 aromatic heterocycles. The molecule has 96 valence electrons. The van der Waals surface area contributed by atoms with E-state index in [1.54, 1.807) is 0 Å². The molecule has 1 aromatic carbocycles. The lowest BCUT2D eigenvalue weighted by molar-refractivity contribution is -0.351. The first-order valence-corrected chi connectivity index (χ1v) is 6.99. The summed E-state index contributed by atoms with van der Waals surface area (Å²) in [4.78, 5) is 11.1. The van der Waals surface area contributed by atoms with Gasteiger partial charge in [-0.3, -0.25) is 0 Å². The number of benzene rings is 1. The SMILES string of the molecule is C1=C[C@H](c2ccccc2)OO[C@@H]1C1CCCCC1. The Hall–Kier alpha value is -1.12. The molecular weight excluding hydrogens is 224 g/mol. The van der Waals surface area contributed by atoms with Crippen LogP contribution in [0.25, 0.3) is 0 Å². The first kappa shape index (κ1) is 11.9. The third-order valence-electron chi connectivity index (χ3n) is 3.99. The minimum Gasteiger partial charge on any atom is -0.228 e. The molecule has 1 aromatic rings. The molecule has 0 saturated heterocycles. The Bertz CT molecular complexity index is 393. The summed E-state index contributed by atoms with van der Waals surface area (Å²) in [5.41, 5.74) is 1.15. The molecule has 2 atom stereocenters. The van der Waals surface area contributed by atoms with Crippen molar-refractivity contribution in [3.8, 4) is 0 Å². The summed E-state index contributed by atoms with van der Waals surface area (Å²) in [7, 11) is 0. The van der Waals surface area contributed by atoms with Crippen LogP contribution in [0, 0.1) is 5.92 Å². The van der Waals surface area contributed by atoms with Gasteiger partial charge in [-0.15, -0.1) is 0 Å². The number of hydrogen-bond acceptors (Lipinski definition) is 2.